The van der Waals surface area contributed by atoms with Gasteiger partial charge in [0.1, 0.15) is 5.82 Å². The van der Waals surface area contributed by atoms with Crippen molar-refractivity contribution in [1.29, 1.82) is 0 Å². The Morgan fingerprint density at radius 2 is 2.50 bits per heavy atom. The molecule has 1 amide bonds. The van der Waals surface area contributed by atoms with E-state index < -0.39 is 5.91 Å². The van der Waals surface area contributed by atoms with E-state index in [1.165, 1.54) is 4.68 Å². The van der Waals surface area contributed by atoms with Gasteiger partial charge in [0, 0.05) is 13.1 Å². The molecule has 0 aliphatic heterocycles. The van der Waals surface area contributed by atoms with Crippen molar-refractivity contribution in [2.24, 2.45) is 7.05 Å². The van der Waals surface area contributed by atoms with Gasteiger partial charge in [0.2, 0.25) is 0 Å². The predicted molar refractivity (Wildman–Crippen MR) is 45.3 cm³/mol. The molecule has 0 aliphatic rings. The topological polar surface area (TPSA) is 101 Å². The molecule has 0 atom stereocenters. The molecule has 8 heteroatoms. The number of rotatable bonds is 2. The van der Waals surface area contributed by atoms with Crippen LogP contribution in [0.4, 0.5) is 5.82 Å². The maximum atomic E-state index is 11.4. The van der Waals surface area contributed by atoms with Crippen molar-refractivity contribution in [1.82, 2.24) is 30.4 Å². The molecule has 0 aromatic carbocycles. The van der Waals surface area contributed by atoms with Crippen LogP contribution in [0.5, 0.6) is 0 Å². The zero-order valence-electron chi connectivity index (χ0n) is 7.30. The van der Waals surface area contributed by atoms with E-state index in [2.05, 4.69) is 31.0 Å². The fraction of sp³-hybridized carbons (Fsp3) is 0.167. The molecule has 0 saturated carbocycles. The summed E-state index contributed by atoms with van der Waals surface area (Å²) >= 11 is 0. The van der Waals surface area contributed by atoms with Crippen LogP contribution in [0.2, 0.25) is 0 Å². The molecule has 2 rings (SSSR count). The minimum absolute atomic E-state index is 0.00815. The molecule has 0 fully saturated rings. The first-order valence-corrected chi connectivity index (χ1v) is 3.80. The summed E-state index contributed by atoms with van der Waals surface area (Å²) in [6.07, 6.45) is 1.58. The number of amides is 1. The minimum atomic E-state index is -0.428. The summed E-state index contributed by atoms with van der Waals surface area (Å²) in [5, 5.41) is 19.0. The van der Waals surface area contributed by atoms with Crippen LogP contribution < -0.4 is 5.32 Å². The lowest BCUT2D eigenvalue weighted by molar-refractivity contribution is 0.101. The van der Waals surface area contributed by atoms with E-state index >= 15 is 0 Å². The maximum Gasteiger partial charge on any atom is 0.298 e. The summed E-state index contributed by atoms with van der Waals surface area (Å²) in [6.45, 7) is 0. The molecule has 2 aromatic rings. The third kappa shape index (κ3) is 1.44. The second-order valence-corrected chi connectivity index (χ2v) is 2.53. The Labute approximate surface area is 78.3 Å². The van der Waals surface area contributed by atoms with E-state index in [-0.39, 0.29) is 5.82 Å². The van der Waals surface area contributed by atoms with Crippen LogP contribution in [-0.4, -0.2) is 36.3 Å². The first-order chi connectivity index (χ1) is 6.77. The number of aromatic nitrogens is 6. The van der Waals surface area contributed by atoms with Crippen molar-refractivity contribution in [2.75, 3.05) is 5.32 Å². The fourth-order valence-corrected chi connectivity index (χ4v) is 0.927. The molecule has 0 spiro atoms. The molecule has 14 heavy (non-hydrogen) atoms. The van der Waals surface area contributed by atoms with Gasteiger partial charge in [-0.25, -0.2) is 0 Å². The Kier molecular flexibility index (Phi) is 1.94. The van der Waals surface area contributed by atoms with E-state index in [4.69, 9.17) is 0 Å². The highest BCUT2D eigenvalue weighted by molar-refractivity contribution is 6.00. The molecule has 0 bridgehead atoms. The monoisotopic (exact) mass is 193 g/mol. The van der Waals surface area contributed by atoms with Gasteiger partial charge in [0.25, 0.3) is 11.7 Å². The van der Waals surface area contributed by atoms with Crippen molar-refractivity contribution < 1.29 is 4.79 Å². The van der Waals surface area contributed by atoms with Gasteiger partial charge in [-0.3, -0.25) is 9.48 Å². The molecular formula is C6H7N7O. The third-order valence-electron chi connectivity index (χ3n) is 1.61. The number of H-pyrrole nitrogens is 1. The first kappa shape index (κ1) is 8.35. The highest BCUT2D eigenvalue weighted by atomic mass is 16.2. The van der Waals surface area contributed by atoms with Gasteiger partial charge >= 0.3 is 0 Å². The van der Waals surface area contributed by atoms with Gasteiger partial charge in [0.05, 0.1) is 6.20 Å². The van der Waals surface area contributed by atoms with Crippen LogP contribution in [0.15, 0.2) is 12.3 Å². The van der Waals surface area contributed by atoms with Crippen LogP contribution in [0.1, 0.15) is 10.6 Å². The molecule has 0 radical (unpaired) electrons. The molecule has 0 aliphatic carbocycles. The van der Waals surface area contributed by atoms with Crippen LogP contribution in [0, 0.1) is 0 Å². The smallest absolute Gasteiger partial charge is 0.298 e. The maximum absolute atomic E-state index is 11.4. The van der Waals surface area contributed by atoms with E-state index in [0.717, 1.165) is 0 Å². The Balaban J connectivity index is 2.13. The Morgan fingerprint density at radius 1 is 1.64 bits per heavy atom. The van der Waals surface area contributed by atoms with Gasteiger partial charge < -0.3 is 5.32 Å². The largest absolute Gasteiger partial charge is 0.304 e. The molecular weight excluding hydrogens is 186 g/mol. The van der Waals surface area contributed by atoms with Crippen molar-refractivity contribution in [2.45, 2.75) is 0 Å². The molecule has 2 aromatic heterocycles. The van der Waals surface area contributed by atoms with Gasteiger partial charge in [-0.15, -0.1) is 10.2 Å². The molecule has 8 nitrogen and oxygen atoms in total. The van der Waals surface area contributed by atoms with Crippen molar-refractivity contribution in [3.05, 3.63) is 18.1 Å². The second-order valence-electron chi connectivity index (χ2n) is 2.53. The van der Waals surface area contributed by atoms with Crippen molar-refractivity contribution >= 4 is 11.7 Å². The second kappa shape index (κ2) is 3.24. The highest BCUT2D eigenvalue weighted by Gasteiger charge is 2.11. The normalized spacial score (nSPS) is 10.1. The summed E-state index contributed by atoms with van der Waals surface area (Å²) in [5.74, 6) is 0.133. The third-order valence-corrected chi connectivity index (χ3v) is 1.61. The van der Waals surface area contributed by atoms with Gasteiger partial charge in [0.15, 0.2) is 0 Å². The van der Waals surface area contributed by atoms with Crippen molar-refractivity contribution in [3.63, 3.8) is 0 Å². The van der Waals surface area contributed by atoms with Gasteiger partial charge in [-0.1, -0.05) is 0 Å². The lowest BCUT2D eigenvalue weighted by Gasteiger charge is -2.00. The summed E-state index contributed by atoms with van der Waals surface area (Å²) in [6, 6.07) is 1.66. The van der Waals surface area contributed by atoms with E-state index in [0.29, 0.717) is 5.82 Å². The Morgan fingerprint density at radius 3 is 3.07 bits per heavy atom. The number of nitrogens with one attached hydrogen (secondary N) is 2. The quantitative estimate of drug-likeness (QED) is 0.649. The van der Waals surface area contributed by atoms with E-state index in [1.54, 1.807) is 19.3 Å². The molecule has 0 unspecified atom stereocenters. The number of hydrogen-bond acceptors (Lipinski definition) is 5. The Hall–Kier alpha value is -2.25. The lowest BCUT2D eigenvalue weighted by atomic mass is 10.5. The molecule has 0 saturated heterocycles. The number of aryl methyl sites for hydroxylation is 1. The zero-order chi connectivity index (χ0) is 9.97. The lowest BCUT2D eigenvalue weighted by Crippen LogP contribution is -2.16. The van der Waals surface area contributed by atoms with Gasteiger partial charge in [-0.2, -0.15) is 10.3 Å². The van der Waals surface area contributed by atoms with Gasteiger partial charge in [-0.05, 0) is 5.21 Å². The van der Waals surface area contributed by atoms with Crippen LogP contribution in [0.25, 0.3) is 0 Å². The number of carbonyl (C=O) groups excluding carboxylic acids is 1. The summed E-state index contributed by atoms with van der Waals surface area (Å²) < 4.78 is 1.53. The number of carbonyl (C=O) groups is 1. The highest BCUT2D eigenvalue weighted by Crippen LogP contribution is 2.03. The molecule has 72 valence electrons. The number of tetrazole rings is 1. The number of nitrogens with zero attached hydrogens (tertiary/aromatic N) is 5. The van der Waals surface area contributed by atoms with Crippen LogP contribution in [0.3, 0.4) is 0 Å². The zero-order valence-corrected chi connectivity index (χ0v) is 7.30. The SMILES string of the molecule is Cn1nccc1NC(=O)c1nn[nH]n1. The first-order valence-electron chi connectivity index (χ1n) is 3.80. The summed E-state index contributed by atoms with van der Waals surface area (Å²) in [7, 11) is 1.71. The average molecular weight is 193 g/mol. The number of hydrogen-bond donors (Lipinski definition) is 2. The minimum Gasteiger partial charge on any atom is -0.304 e. The summed E-state index contributed by atoms with van der Waals surface area (Å²) in [5.41, 5.74) is 0. The van der Waals surface area contributed by atoms with Crippen LogP contribution in [-0.2, 0) is 7.05 Å². The van der Waals surface area contributed by atoms with Crippen molar-refractivity contribution in [3.8, 4) is 0 Å². The predicted octanol–water partition coefficient (Wildman–Crippen LogP) is -0.815. The fourth-order valence-electron chi connectivity index (χ4n) is 0.927. The number of anilines is 1. The standard InChI is InChI=1S/C6H7N7O/c1-13-4(2-3-7-13)8-6(14)5-9-11-12-10-5/h2-3H,1H3,(H,8,14)(H,9,10,11,12). The average Bonchev–Trinajstić information content (AvgIpc) is 2.77. The summed E-state index contributed by atoms with van der Waals surface area (Å²) in [4.78, 5) is 11.4. The molecule has 2 N–H and O–H groups in total. The Bertz CT molecular complexity index is 431. The van der Waals surface area contributed by atoms with E-state index in [1.807, 2.05) is 0 Å². The van der Waals surface area contributed by atoms with E-state index in [9.17, 15) is 4.79 Å². The number of aromatic amines is 1. The molecule has 2 heterocycles. The van der Waals surface area contributed by atoms with Crippen LogP contribution >= 0.6 is 0 Å².